The summed E-state index contributed by atoms with van der Waals surface area (Å²) in [6.45, 7) is 5.25. The third-order valence-electron chi connectivity index (χ3n) is 5.65. The lowest BCUT2D eigenvalue weighted by Crippen LogP contribution is -2.33. The highest BCUT2D eigenvalue weighted by Gasteiger charge is 2.28. The number of rotatable bonds is 8. The summed E-state index contributed by atoms with van der Waals surface area (Å²) in [7, 11) is 1.63. The minimum atomic E-state index is -0.0617. The number of methoxy groups -OCH3 is 1. The summed E-state index contributed by atoms with van der Waals surface area (Å²) in [6.07, 6.45) is 3.49. The Labute approximate surface area is 167 Å². The van der Waals surface area contributed by atoms with Gasteiger partial charge in [0.25, 0.3) is 0 Å². The highest BCUT2D eigenvalue weighted by atomic mass is 16.5. The fourth-order valence-electron chi connectivity index (χ4n) is 3.95. The molecule has 0 bridgehead atoms. The van der Waals surface area contributed by atoms with E-state index in [-0.39, 0.29) is 24.2 Å². The molecule has 0 spiro atoms. The molecule has 1 amide bonds. The number of nitrogens with one attached hydrogen (secondary N) is 1. The topological polar surface area (TPSA) is 60.3 Å². The Morgan fingerprint density at radius 2 is 2.00 bits per heavy atom. The Balaban J connectivity index is 1.82. The first-order chi connectivity index (χ1) is 13.5. The van der Waals surface area contributed by atoms with Crippen LogP contribution in [0.2, 0.25) is 0 Å². The van der Waals surface area contributed by atoms with Crippen molar-refractivity contribution in [2.24, 2.45) is 0 Å². The fraction of sp³-hybridized carbons (Fsp3) is 0.478. The molecule has 1 aromatic heterocycles. The molecular weight excluding hydrogens is 352 g/mol. The van der Waals surface area contributed by atoms with E-state index < -0.39 is 0 Å². The van der Waals surface area contributed by atoms with Crippen LogP contribution in [0, 0.1) is 6.92 Å². The summed E-state index contributed by atoms with van der Waals surface area (Å²) < 4.78 is 7.45. The van der Waals surface area contributed by atoms with E-state index in [1.807, 2.05) is 32.0 Å². The SMILES string of the molecule is CO[C@H](C)CNC(=O)Cc1c2c(n(CCc3ccccc3)c1C)CCCC2=O. The molecule has 1 aromatic carbocycles. The van der Waals surface area contributed by atoms with Gasteiger partial charge in [-0.15, -0.1) is 0 Å². The Kier molecular flexibility index (Phi) is 6.68. The molecule has 1 aliphatic carbocycles. The van der Waals surface area contributed by atoms with E-state index in [2.05, 4.69) is 22.0 Å². The standard InChI is InChI=1S/C23H30N2O3/c1-16(28-3)15-24-22(27)14-19-17(2)25(13-12-18-8-5-4-6-9-18)20-10-7-11-21(26)23(19)20/h4-6,8-9,16H,7,10-15H2,1-3H3,(H,24,27)/t16-/m1/s1. The van der Waals surface area contributed by atoms with E-state index in [0.29, 0.717) is 13.0 Å². The number of carbonyl (C=O) groups is 2. The van der Waals surface area contributed by atoms with Crippen LogP contribution in [0.4, 0.5) is 0 Å². The molecule has 5 nitrogen and oxygen atoms in total. The number of Topliss-reactive ketones (excluding diaryl/α,β-unsaturated/α-hetero) is 1. The number of carbonyl (C=O) groups excluding carboxylic acids is 2. The molecule has 0 fully saturated rings. The van der Waals surface area contributed by atoms with Crippen molar-refractivity contribution in [1.82, 2.24) is 9.88 Å². The van der Waals surface area contributed by atoms with Crippen LogP contribution < -0.4 is 5.32 Å². The number of aryl methyl sites for hydroxylation is 1. The summed E-state index contributed by atoms with van der Waals surface area (Å²) in [5.41, 5.74) is 5.13. The second-order valence-corrected chi connectivity index (χ2v) is 7.58. The lowest BCUT2D eigenvalue weighted by Gasteiger charge is -2.16. The first kappa shape index (κ1) is 20.3. The van der Waals surface area contributed by atoms with E-state index in [9.17, 15) is 9.59 Å². The second-order valence-electron chi connectivity index (χ2n) is 7.58. The van der Waals surface area contributed by atoms with Crippen molar-refractivity contribution in [3.8, 4) is 0 Å². The van der Waals surface area contributed by atoms with Gasteiger partial charge >= 0.3 is 0 Å². The van der Waals surface area contributed by atoms with Crippen LogP contribution >= 0.6 is 0 Å². The van der Waals surface area contributed by atoms with Crippen molar-refractivity contribution in [2.75, 3.05) is 13.7 Å². The van der Waals surface area contributed by atoms with Crippen LogP contribution in [-0.2, 0) is 35.3 Å². The zero-order chi connectivity index (χ0) is 20.1. The lowest BCUT2D eigenvalue weighted by molar-refractivity contribution is -0.120. The minimum absolute atomic E-state index is 0.0314. The van der Waals surface area contributed by atoms with Crippen LogP contribution in [0.5, 0.6) is 0 Å². The zero-order valence-electron chi connectivity index (χ0n) is 17.1. The van der Waals surface area contributed by atoms with Gasteiger partial charge < -0.3 is 14.6 Å². The van der Waals surface area contributed by atoms with Gasteiger partial charge in [-0.2, -0.15) is 0 Å². The molecule has 150 valence electrons. The van der Waals surface area contributed by atoms with E-state index in [1.54, 1.807) is 7.11 Å². The van der Waals surface area contributed by atoms with E-state index >= 15 is 0 Å². The molecule has 0 saturated heterocycles. The predicted octanol–water partition coefficient (Wildman–Crippen LogP) is 3.25. The summed E-state index contributed by atoms with van der Waals surface area (Å²) in [5, 5.41) is 2.91. The number of amides is 1. The number of benzene rings is 1. The average Bonchev–Trinajstić information content (AvgIpc) is 2.97. The first-order valence-corrected chi connectivity index (χ1v) is 10.1. The number of nitrogens with zero attached hydrogens (tertiary/aromatic N) is 1. The average molecular weight is 383 g/mol. The van der Waals surface area contributed by atoms with Crippen molar-refractivity contribution in [3.05, 3.63) is 58.4 Å². The molecule has 0 aliphatic heterocycles. The number of hydrogen-bond acceptors (Lipinski definition) is 3. The first-order valence-electron chi connectivity index (χ1n) is 10.1. The summed E-state index contributed by atoms with van der Waals surface area (Å²) in [4.78, 5) is 25.2. The largest absolute Gasteiger partial charge is 0.380 e. The van der Waals surface area contributed by atoms with E-state index in [1.165, 1.54) is 5.56 Å². The Bertz CT molecular complexity index is 839. The summed E-state index contributed by atoms with van der Waals surface area (Å²) in [6, 6.07) is 10.4. The van der Waals surface area contributed by atoms with E-state index in [0.717, 1.165) is 48.3 Å². The fourth-order valence-corrected chi connectivity index (χ4v) is 3.95. The number of aromatic nitrogens is 1. The highest BCUT2D eigenvalue weighted by molar-refractivity contribution is 6.01. The molecule has 5 heteroatoms. The van der Waals surface area contributed by atoms with Crippen molar-refractivity contribution < 1.29 is 14.3 Å². The van der Waals surface area contributed by atoms with Gasteiger partial charge in [-0.05, 0) is 44.2 Å². The van der Waals surface area contributed by atoms with Crippen LogP contribution in [0.3, 0.4) is 0 Å². The number of hydrogen-bond donors (Lipinski definition) is 1. The van der Waals surface area contributed by atoms with Crippen LogP contribution in [0.15, 0.2) is 30.3 Å². The molecule has 1 atom stereocenters. The maximum atomic E-state index is 12.7. The molecule has 0 radical (unpaired) electrons. The maximum Gasteiger partial charge on any atom is 0.224 e. The van der Waals surface area contributed by atoms with Crippen molar-refractivity contribution in [1.29, 1.82) is 0 Å². The van der Waals surface area contributed by atoms with Gasteiger partial charge in [-0.1, -0.05) is 30.3 Å². The number of ketones is 1. The van der Waals surface area contributed by atoms with Gasteiger partial charge in [0.2, 0.25) is 5.91 Å². The van der Waals surface area contributed by atoms with Crippen molar-refractivity contribution in [3.63, 3.8) is 0 Å². The Morgan fingerprint density at radius 3 is 2.71 bits per heavy atom. The van der Waals surface area contributed by atoms with Crippen LogP contribution in [0.25, 0.3) is 0 Å². The lowest BCUT2D eigenvalue weighted by atomic mass is 9.92. The van der Waals surface area contributed by atoms with Crippen LogP contribution in [0.1, 0.15) is 52.6 Å². The molecule has 3 rings (SSSR count). The minimum Gasteiger partial charge on any atom is -0.380 e. The van der Waals surface area contributed by atoms with Gasteiger partial charge in [0, 0.05) is 43.6 Å². The van der Waals surface area contributed by atoms with Gasteiger partial charge in [0.1, 0.15) is 0 Å². The van der Waals surface area contributed by atoms with Crippen molar-refractivity contribution in [2.45, 2.75) is 58.6 Å². The van der Waals surface area contributed by atoms with E-state index in [4.69, 9.17) is 4.74 Å². The maximum absolute atomic E-state index is 12.7. The van der Waals surface area contributed by atoms with Crippen molar-refractivity contribution >= 4 is 11.7 Å². The Morgan fingerprint density at radius 1 is 1.25 bits per heavy atom. The molecular formula is C23H30N2O3. The zero-order valence-corrected chi connectivity index (χ0v) is 17.1. The third-order valence-corrected chi connectivity index (χ3v) is 5.65. The summed E-state index contributed by atoms with van der Waals surface area (Å²) >= 11 is 0. The highest BCUT2D eigenvalue weighted by Crippen LogP contribution is 2.30. The molecule has 0 saturated carbocycles. The number of fused-ring (bicyclic) bond motifs is 1. The third kappa shape index (κ3) is 4.53. The molecule has 28 heavy (non-hydrogen) atoms. The normalized spacial score (nSPS) is 14.6. The Hall–Kier alpha value is -2.40. The van der Waals surface area contributed by atoms with Crippen LogP contribution in [-0.4, -0.2) is 36.0 Å². The molecule has 1 N–H and O–H groups in total. The monoisotopic (exact) mass is 382 g/mol. The quantitative estimate of drug-likeness (QED) is 0.762. The molecule has 0 unspecified atom stereocenters. The predicted molar refractivity (Wildman–Crippen MR) is 110 cm³/mol. The molecule has 2 aromatic rings. The second kappa shape index (κ2) is 9.20. The van der Waals surface area contributed by atoms with Gasteiger partial charge in [-0.25, -0.2) is 0 Å². The summed E-state index contributed by atoms with van der Waals surface area (Å²) in [5.74, 6) is 0.115. The molecule has 1 aliphatic rings. The smallest absolute Gasteiger partial charge is 0.224 e. The van der Waals surface area contributed by atoms with Gasteiger partial charge in [0.15, 0.2) is 5.78 Å². The van der Waals surface area contributed by atoms with Gasteiger partial charge in [-0.3, -0.25) is 9.59 Å². The number of ether oxygens (including phenoxy) is 1. The molecule has 1 heterocycles. The van der Waals surface area contributed by atoms with Gasteiger partial charge in [0.05, 0.1) is 12.5 Å².